The van der Waals surface area contributed by atoms with Gasteiger partial charge in [-0.25, -0.2) is 32.2 Å². The van der Waals surface area contributed by atoms with Crippen molar-refractivity contribution in [3.05, 3.63) is 90.0 Å². The molecule has 1 saturated heterocycles. The lowest BCUT2D eigenvalue weighted by atomic mass is 10.1. The summed E-state index contributed by atoms with van der Waals surface area (Å²) in [7, 11) is -4.25. The van der Waals surface area contributed by atoms with Gasteiger partial charge in [-0.2, -0.15) is 4.39 Å². The third-order valence-electron chi connectivity index (χ3n) is 6.12. The zero-order valence-electron chi connectivity index (χ0n) is 21.1. The Morgan fingerprint density at radius 2 is 1.82 bits per heavy atom. The van der Waals surface area contributed by atoms with Crippen molar-refractivity contribution in [2.24, 2.45) is 0 Å². The van der Waals surface area contributed by atoms with Gasteiger partial charge < -0.3 is 15.4 Å². The van der Waals surface area contributed by atoms with E-state index in [1.54, 1.807) is 41.1 Å². The van der Waals surface area contributed by atoms with E-state index in [0.29, 0.717) is 28.8 Å². The fourth-order valence-corrected chi connectivity index (χ4v) is 5.44. The van der Waals surface area contributed by atoms with Gasteiger partial charge in [-0.05, 0) is 43.1 Å². The maximum Gasteiger partial charge on any atom is 0.237 e. The van der Waals surface area contributed by atoms with Crippen LogP contribution < -0.4 is 20.1 Å². The molecule has 0 bridgehead atoms. The van der Waals surface area contributed by atoms with Crippen LogP contribution in [0.1, 0.15) is 18.4 Å². The lowest BCUT2D eigenvalue weighted by molar-refractivity contribution is 0.401. The van der Waals surface area contributed by atoms with Crippen LogP contribution in [-0.2, 0) is 15.8 Å². The van der Waals surface area contributed by atoms with Crippen molar-refractivity contribution in [2.75, 3.05) is 23.1 Å². The van der Waals surface area contributed by atoms with Crippen molar-refractivity contribution in [1.29, 1.82) is 0 Å². The largest absolute Gasteiger partial charge is 0.435 e. The fourth-order valence-electron chi connectivity index (χ4n) is 4.23. The summed E-state index contributed by atoms with van der Waals surface area (Å²) < 4.78 is 77.1. The van der Waals surface area contributed by atoms with Crippen molar-refractivity contribution in [3.63, 3.8) is 0 Å². The van der Waals surface area contributed by atoms with Gasteiger partial charge in [0.25, 0.3) is 0 Å². The van der Waals surface area contributed by atoms with Crippen LogP contribution in [0.5, 0.6) is 11.6 Å². The highest BCUT2D eigenvalue weighted by Gasteiger charge is 2.25. The van der Waals surface area contributed by atoms with Crippen LogP contribution in [0.4, 0.5) is 24.8 Å². The molecular weight excluding hydrogens is 545 g/mol. The van der Waals surface area contributed by atoms with E-state index in [4.69, 9.17) is 4.74 Å². The zero-order valence-corrected chi connectivity index (χ0v) is 21.9. The molecule has 0 amide bonds. The Kier molecular flexibility index (Phi) is 8.12. The van der Waals surface area contributed by atoms with Gasteiger partial charge in [0.1, 0.15) is 5.69 Å². The number of aromatic nitrogens is 3. The molecule has 0 unspecified atom stereocenters. The summed E-state index contributed by atoms with van der Waals surface area (Å²) >= 11 is 0. The quantitative estimate of drug-likeness (QED) is 0.245. The molecule has 3 N–H and O–H groups in total. The normalized spacial score (nSPS) is 15.4. The van der Waals surface area contributed by atoms with Crippen molar-refractivity contribution in [2.45, 2.75) is 24.6 Å². The van der Waals surface area contributed by atoms with Crippen LogP contribution in [0.25, 0.3) is 11.3 Å². The van der Waals surface area contributed by atoms with E-state index in [9.17, 15) is 17.2 Å². The number of benzene rings is 2. The average Bonchev–Trinajstić information content (AvgIpc) is 2.95. The lowest BCUT2D eigenvalue weighted by Gasteiger charge is -2.23. The smallest absolute Gasteiger partial charge is 0.237 e. The van der Waals surface area contributed by atoms with E-state index in [-0.39, 0.29) is 11.9 Å². The molecule has 0 aliphatic carbocycles. The summed E-state index contributed by atoms with van der Waals surface area (Å²) in [6.07, 6.45) is 4.87. The first-order chi connectivity index (χ1) is 19.3. The van der Waals surface area contributed by atoms with Crippen molar-refractivity contribution < 1.29 is 26.3 Å². The molecule has 1 fully saturated rings. The Bertz CT molecular complexity index is 1600. The summed E-state index contributed by atoms with van der Waals surface area (Å²) in [5.41, 5.74) is -0.0539. The molecule has 0 spiro atoms. The number of rotatable bonds is 9. The van der Waals surface area contributed by atoms with E-state index in [2.05, 4.69) is 25.6 Å². The topological polar surface area (TPSA) is 118 Å². The van der Waals surface area contributed by atoms with Crippen LogP contribution in [0.15, 0.2) is 67.0 Å². The Balaban J connectivity index is 1.38. The van der Waals surface area contributed by atoms with Crippen LogP contribution in [-0.4, -0.2) is 42.5 Å². The number of nitrogens with one attached hydrogen (secondary N) is 3. The summed E-state index contributed by atoms with van der Waals surface area (Å²) in [4.78, 5) is 12.8. The number of piperidine rings is 1. The van der Waals surface area contributed by atoms with Crippen molar-refractivity contribution >= 4 is 21.7 Å². The maximum atomic E-state index is 15.0. The summed E-state index contributed by atoms with van der Waals surface area (Å²) in [6.45, 7) is 1.72. The summed E-state index contributed by atoms with van der Waals surface area (Å²) in [6, 6.07) is 13.5. The molecule has 2 aromatic heterocycles. The highest BCUT2D eigenvalue weighted by atomic mass is 32.2. The number of hydrogen-bond donors (Lipinski definition) is 3. The van der Waals surface area contributed by atoms with Crippen molar-refractivity contribution in [3.8, 4) is 22.9 Å². The van der Waals surface area contributed by atoms with Gasteiger partial charge >= 0.3 is 0 Å². The van der Waals surface area contributed by atoms with Gasteiger partial charge in [0.15, 0.2) is 17.4 Å². The minimum atomic E-state index is -4.25. The molecule has 208 valence electrons. The molecule has 13 heteroatoms. The molecule has 3 heterocycles. The number of halogens is 3. The molecule has 5 rings (SSSR count). The van der Waals surface area contributed by atoms with Gasteiger partial charge in [-0.1, -0.05) is 30.3 Å². The minimum Gasteiger partial charge on any atom is -0.435 e. The van der Waals surface area contributed by atoms with Crippen LogP contribution >= 0.6 is 0 Å². The van der Waals surface area contributed by atoms with E-state index < -0.39 is 44.7 Å². The molecule has 40 heavy (non-hydrogen) atoms. The third kappa shape index (κ3) is 6.49. The SMILES string of the molecule is O=S(=O)(Cc1ccccc1)Nc1c(F)cc(Oc2ncccc2-c2ccnc(N[C@H]3CCCNC3)n2)c(F)c1F. The Hall–Kier alpha value is -4.23. The molecule has 2 aromatic carbocycles. The second-order valence-corrected chi connectivity index (χ2v) is 10.8. The van der Waals surface area contributed by atoms with E-state index >= 15 is 4.39 Å². The molecular formula is C27H25F3N6O3S. The molecule has 4 aromatic rings. The monoisotopic (exact) mass is 570 g/mol. The number of pyridine rings is 1. The second kappa shape index (κ2) is 11.9. The van der Waals surface area contributed by atoms with E-state index in [0.717, 1.165) is 25.9 Å². The van der Waals surface area contributed by atoms with Crippen LogP contribution in [0.3, 0.4) is 0 Å². The lowest BCUT2D eigenvalue weighted by Crippen LogP contribution is -2.38. The van der Waals surface area contributed by atoms with Crippen LogP contribution in [0.2, 0.25) is 0 Å². The van der Waals surface area contributed by atoms with E-state index in [1.165, 1.54) is 24.5 Å². The Morgan fingerprint density at radius 1 is 1.00 bits per heavy atom. The molecule has 0 saturated carbocycles. The molecule has 1 aliphatic heterocycles. The highest BCUT2D eigenvalue weighted by Crippen LogP contribution is 2.36. The first-order valence-electron chi connectivity index (χ1n) is 12.4. The number of anilines is 2. The Morgan fingerprint density at radius 3 is 2.60 bits per heavy atom. The number of nitrogens with zero attached hydrogens (tertiary/aromatic N) is 3. The predicted octanol–water partition coefficient (Wildman–Crippen LogP) is 4.85. The Labute approximate surface area is 228 Å². The average molecular weight is 571 g/mol. The zero-order chi connectivity index (χ0) is 28.1. The molecule has 9 nitrogen and oxygen atoms in total. The van der Waals surface area contributed by atoms with Gasteiger partial charge in [0, 0.05) is 31.0 Å². The van der Waals surface area contributed by atoms with Crippen molar-refractivity contribution in [1.82, 2.24) is 20.3 Å². The molecule has 1 aliphatic rings. The number of hydrogen-bond acceptors (Lipinski definition) is 8. The van der Waals surface area contributed by atoms with Gasteiger partial charge in [0.05, 0.1) is 17.0 Å². The number of ether oxygens (including phenoxy) is 1. The third-order valence-corrected chi connectivity index (χ3v) is 7.35. The van der Waals surface area contributed by atoms with Gasteiger partial charge in [-0.3, -0.25) is 4.72 Å². The van der Waals surface area contributed by atoms with Gasteiger partial charge in [0.2, 0.25) is 27.7 Å². The van der Waals surface area contributed by atoms with Gasteiger partial charge in [-0.15, -0.1) is 0 Å². The minimum absolute atomic E-state index is 0.150. The second-order valence-electron chi connectivity index (χ2n) is 9.12. The number of sulfonamides is 1. The summed E-state index contributed by atoms with van der Waals surface area (Å²) in [5, 5.41) is 6.56. The van der Waals surface area contributed by atoms with Crippen LogP contribution in [0, 0.1) is 17.5 Å². The maximum absolute atomic E-state index is 15.0. The van der Waals surface area contributed by atoms with E-state index in [1.807, 2.05) is 0 Å². The fraction of sp³-hybridized carbons (Fsp3) is 0.222. The first-order valence-corrected chi connectivity index (χ1v) is 14.1. The highest BCUT2D eigenvalue weighted by molar-refractivity contribution is 7.91. The first kappa shape index (κ1) is 27.3. The standard InChI is InChI=1S/C27H25F3N6O3S/c28-20-14-22(23(29)24(30)25(20)36-40(37,38)16-17-6-2-1-3-7-17)39-26-19(9-5-12-32-26)21-10-13-33-27(35-21)34-18-8-4-11-31-15-18/h1-3,5-7,9-10,12-14,18,31,36H,4,8,11,15-16H2,(H,33,34,35)/t18-/m0/s1. The molecule has 1 atom stereocenters. The summed E-state index contributed by atoms with van der Waals surface area (Å²) in [5.74, 6) is -5.88. The molecule has 0 radical (unpaired) electrons. The predicted molar refractivity (Wildman–Crippen MR) is 144 cm³/mol.